The Bertz CT molecular complexity index is 1070. The monoisotopic (exact) mass is 384 g/mol. The Labute approximate surface area is 161 Å². The second-order valence-electron chi connectivity index (χ2n) is 6.35. The molecule has 0 atom stereocenters. The Hall–Kier alpha value is -2.79. The lowest BCUT2D eigenvalue weighted by Gasteiger charge is -2.07. The lowest BCUT2D eigenvalue weighted by molar-refractivity contribution is -0.114. The van der Waals surface area contributed by atoms with E-state index in [4.69, 9.17) is 16.3 Å². The number of halogens is 2. The zero-order valence-electron chi connectivity index (χ0n) is 14.8. The van der Waals surface area contributed by atoms with Crippen LogP contribution in [0.25, 0.3) is 22.0 Å². The van der Waals surface area contributed by atoms with Crippen LogP contribution in [0, 0.1) is 5.82 Å². The number of aromatic nitrogens is 1. The van der Waals surface area contributed by atoms with Gasteiger partial charge in [-0.15, -0.1) is 11.6 Å². The number of amides is 1. The lowest BCUT2D eigenvalue weighted by atomic mass is 9.96. The van der Waals surface area contributed by atoms with Crippen molar-refractivity contribution in [1.82, 2.24) is 9.88 Å². The van der Waals surface area contributed by atoms with E-state index in [1.807, 2.05) is 35.0 Å². The van der Waals surface area contributed by atoms with Crippen LogP contribution in [0.2, 0.25) is 0 Å². The Kier molecular flexibility index (Phi) is 4.62. The van der Waals surface area contributed by atoms with Gasteiger partial charge in [0.05, 0.1) is 12.7 Å². The van der Waals surface area contributed by atoms with Crippen molar-refractivity contribution in [2.24, 2.45) is 0 Å². The van der Waals surface area contributed by atoms with Crippen LogP contribution in [0.3, 0.4) is 0 Å². The van der Waals surface area contributed by atoms with Crippen LogP contribution in [-0.2, 0) is 11.3 Å². The summed E-state index contributed by atoms with van der Waals surface area (Å²) in [6.07, 6.45) is 1.88. The standard InChI is InChI=1S/C21H18ClFN2O2/c1-27-15-4-2-3-13(9-15)17-11-24-21(26)20(17)18-12-25(8-7-22)19-6-5-14(23)10-16(18)19/h2-6,9-10,12H,7-8,11H2,1H3,(H,24,26). The highest BCUT2D eigenvalue weighted by Gasteiger charge is 2.28. The molecule has 0 saturated carbocycles. The van der Waals surface area contributed by atoms with Crippen LogP contribution < -0.4 is 10.1 Å². The van der Waals surface area contributed by atoms with E-state index in [0.717, 1.165) is 16.7 Å². The van der Waals surface area contributed by atoms with Gasteiger partial charge in [0.2, 0.25) is 0 Å². The van der Waals surface area contributed by atoms with Gasteiger partial charge >= 0.3 is 0 Å². The van der Waals surface area contributed by atoms with E-state index >= 15 is 0 Å². The van der Waals surface area contributed by atoms with Crippen molar-refractivity contribution in [3.05, 3.63) is 65.6 Å². The van der Waals surface area contributed by atoms with Gasteiger partial charge in [0.25, 0.3) is 5.91 Å². The number of hydrogen-bond donors (Lipinski definition) is 1. The minimum atomic E-state index is -0.339. The van der Waals surface area contributed by atoms with Crippen LogP contribution in [0.1, 0.15) is 11.1 Å². The number of ether oxygens (including phenoxy) is 1. The van der Waals surface area contributed by atoms with Gasteiger partial charge in [0, 0.05) is 41.6 Å². The quantitative estimate of drug-likeness (QED) is 0.674. The van der Waals surface area contributed by atoms with Crippen molar-refractivity contribution >= 4 is 39.6 Å². The van der Waals surface area contributed by atoms with Gasteiger partial charge in [0.1, 0.15) is 11.6 Å². The number of rotatable bonds is 5. The van der Waals surface area contributed by atoms with Crippen molar-refractivity contribution in [2.75, 3.05) is 19.5 Å². The largest absolute Gasteiger partial charge is 0.497 e. The Morgan fingerprint density at radius 1 is 1.26 bits per heavy atom. The van der Waals surface area contributed by atoms with E-state index in [9.17, 15) is 9.18 Å². The molecule has 138 valence electrons. The smallest absolute Gasteiger partial charge is 0.252 e. The van der Waals surface area contributed by atoms with Crippen molar-refractivity contribution in [3.8, 4) is 5.75 Å². The van der Waals surface area contributed by atoms with Gasteiger partial charge < -0.3 is 14.6 Å². The first-order valence-corrected chi connectivity index (χ1v) is 9.16. The fourth-order valence-electron chi connectivity index (χ4n) is 3.57. The van der Waals surface area contributed by atoms with E-state index in [-0.39, 0.29) is 11.7 Å². The number of methoxy groups -OCH3 is 1. The minimum Gasteiger partial charge on any atom is -0.497 e. The molecule has 0 spiro atoms. The third-order valence-corrected chi connectivity index (χ3v) is 4.98. The number of fused-ring (bicyclic) bond motifs is 1. The molecule has 0 unspecified atom stereocenters. The molecular weight excluding hydrogens is 367 g/mol. The van der Waals surface area contributed by atoms with Crippen LogP contribution >= 0.6 is 11.6 Å². The third-order valence-electron chi connectivity index (χ3n) is 4.81. The molecule has 2 aromatic carbocycles. The number of carbonyl (C=O) groups is 1. The summed E-state index contributed by atoms with van der Waals surface area (Å²) in [7, 11) is 1.61. The summed E-state index contributed by atoms with van der Waals surface area (Å²) in [6.45, 7) is 0.992. The van der Waals surface area contributed by atoms with E-state index in [1.54, 1.807) is 13.2 Å². The summed E-state index contributed by atoms with van der Waals surface area (Å²) < 4.78 is 21.2. The molecule has 0 radical (unpaired) electrons. The predicted octanol–water partition coefficient (Wildman–Crippen LogP) is 4.07. The van der Waals surface area contributed by atoms with E-state index in [0.29, 0.717) is 41.2 Å². The summed E-state index contributed by atoms with van der Waals surface area (Å²) in [5.74, 6) is 0.639. The zero-order chi connectivity index (χ0) is 19.0. The van der Waals surface area contributed by atoms with Crippen molar-refractivity contribution in [3.63, 3.8) is 0 Å². The Balaban J connectivity index is 1.96. The third kappa shape index (κ3) is 3.08. The summed E-state index contributed by atoms with van der Waals surface area (Å²) in [5, 5.41) is 3.59. The molecule has 0 fully saturated rings. The SMILES string of the molecule is COc1cccc(C2=C(c3cn(CCCl)c4ccc(F)cc34)C(=O)NC2)c1. The number of alkyl halides is 1. The lowest BCUT2D eigenvalue weighted by Crippen LogP contribution is -2.16. The molecule has 1 N–H and O–H groups in total. The maximum atomic E-state index is 13.9. The summed E-state index contributed by atoms with van der Waals surface area (Å²) >= 11 is 5.92. The van der Waals surface area contributed by atoms with Crippen molar-refractivity contribution in [2.45, 2.75) is 6.54 Å². The number of carbonyl (C=O) groups excluding carboxylic acids is 1. The summed E-state index contributed by atoms with van der Waals surface area (Å²) in [5.41, 5.74) is 3.89. The van der Waals surface area contributed by atoms with Gasteiger partial charge in [-0.1, -0.05) is 12.1 Å². The van der Waals surface area contributed by atoms with Crippen LogP contribution in [0.4, 0.5) is 4.39 Å². The molecule has 1 aromatic heterocycles. The normalized spacial score (nSPS) is 14.1. The van der Waals surface area contributed by atoms with E-state index in [2.05, 4.69) is 5.32 Å². The average molecular weight is 385 g/mol. The van der Waals surface area contributed by atoms with Crippen molar-refractivity contribution in [1.29, 1.82) is 0 Å². The minimum absolute atomic E-state index is 0.165. The first-order chi connectivity index (χ1) is 13.1. The zero-order valence-corrected chi connectivity index (χ0v) is 15.5. The van der Waals surface area contributed by atoms with Crippen LogP contribution in [0.15, 0.2) is 48.7 Å². The van der Waals surface area contributed by atoms with Gasteiger partial charge in [-0.2, -0.15) is 0 Å². The fraction of sp³-hybridized carbons (Fsp3) is 0.190. The predicted molar refractivity (Wildman–Crippen MR) is 105 cm³/mol. The van der Waals surface area contributed by atoms with E-state index < -0.39 is 0 Å². The van der Waals surface area contributed by atoms with E-state index in [1.165, 1.54) is 12.1 Å². The molecule has 6 heteroatoms. The van der Waals surface area contributed by atoms with Gasteiger partial charge in [-0.25, -0.2) is 4.39 Å². The molecule has 2 heterocycles. The average Bonchev–Trinajstić information content (AvgIpc) is 3.22. The van der Waals surface area contributed by atoms with Gasteiger partial charge in [-0.05, 0) is 41.5 Å². The molecule has 4 rings (SSSR count). The Morgan fingerprint density at radius 2 is 2.11 bits per heavy atom. The fourth-order valence-corrected chi connectivity index (χ4v) is 3.75. The number of nitrogens with one attached hydrogen (secondary N) is 1. The molecule has 0 bridgehead atoms. The Morgan fingerprint density at radius 3 is 2.89 bits per heavy atom. The highest BCUT2D eigenvalue weighted by atomic mass is 35.5. The maximum Gasteiger partial charge on any atom is 0.252 e. The highest BCUT2D eigenvalue weighted by Crippen LogP contribution is 2.36. The maximum absolute atomic E-state index is 13.9. The number of hydrogen-bond acceptors (Lipinski definition) is 2. The van der Waals surface area contributed by atoms with Crippen LogP contribution in [0.5, 0.6) is 5.75 Å². The van der Waals surface area contributed by atoms with Crippen LogP contribution in [-0.4, -0.2) is 30.0 Å². The first kappa shape index (κ1) is 17.6. The second-order valence-corrected chi connectivity index (χ2v) is 6.73. The molecule has 27 heavy (non-hydrogen) atoms. The molecule has 3 aromatic rings. The topological polar surface area (TPSA) is 43.3 Å². The second kappa shape index (κ2) is 7.08. The molecule has 1 amide bonds. The van der Waals surface area contributed by atoms with Crippen molar-refractivity contribution < 1.29 is 13.9 Å². The molecular formula is C21H18ClFN2O2. The van der Waals surface area contributed by atoms with Gasteiger partial charge in [-0.3, -0.25) is 4.79 Å². The molecule has 4 nitrogen and oxygen atoms in total. The first-order valence-electron chi connectivity index (χ1n) is 8.63. The molecule has 1 aliphatic heterocycles. The number of aryl methyl sites for hydroxylation is 1. The van der Waals surface area contributed by atoms with Gasteiger partial charge in [0.15, 0.2) is 0 Å². The summed E-state index contributed by atoms with van der Waals surface area (Å²) in [4.78, 5) is 12.7. The summed E-state index contributed by atoms with van der Waals surface area (Å²) in [6, 6.07) is 12.2. The number of nitrogens with zero attached hydrogens (tertiary/aromatic N) is 1. The number of benzene rings is 2. The molecule has 1 aliphatic rings. The molecule has 0 saturated heterocycles. The molecule has 0 aliphatic carbocycles. The highest BCUT2D eigenvalue weighted by molar-refractivity contribution is 6.32.